The van der Waals surface area contributed by atoms with Gasteiger partial charge in [-0.25, -0.2) is 0 Å². The summed E-state index contributed by atoms with van der Waals surface area (Å²) in [4.78, 5) is 25.1. The Morgan fingerprint density at radius 3 is 2.86 bits per heavy atom. The molecule has 2 aromatic rings. The number of aromatic nitrogens is 2. The lowest BCUT2D eigenvalue weighted by molar-refractivity contribution is 0.0949. The van der Waals surface area contributed by atoms with Gasteiger partial charge in [0.2, 0.25) is 0 Å². The number of carbonyl (C=O) groups excluding carboxylic acids is 2. The summed E-state index contributed by atoms with van der Waals surface area (Å²) in [5.74, 6) is 1.02. The van der Waals surface area contributed by atoms with Gasteiger partial charge >= 0.3 is 0 Å². The number of nitrogens with one attached hydrogen (secondary N) is 2. The summed E-state index contributed by atoms with van der Waals surface area (Å²) in [5.41, 5.74) is 7.62. The van der Waals surface area contributed by atoms with Gasteiger partial charge in [-0.15, -0.1) is 11.8 Å². The molecule has 0 saturated carbocycles. The van der Waals surface area contributed by atoms with Gasteiger partial charge in [-0.1, -0.05) is 6.08 Å². The maximum atomic E-state index is 12.7. The number of carbonyl (C=O) groups is 2. The Hall–Kier alpha value is -2.78. The van der Waals surface area contributed by atoms with E-state index in [-0.39, 0.29) is 17.7 Å². The molecule has 0 saturated heterocycles. The molecule has 154 valence electrons. The molecule has 4 N–H and O–H groups in total. The van der Waals surface area contributed by atoms with E-state index in [1.54, 1.807) is 40.7 Å². The van der Waals surface area contributed by atoms with Crippen LogP contribution in [0.3, 0.4) is 0 Å². The van der Waals surface area contributed by atoms with Gasteiger partial charge < -0.3 is 21.1 Å². The first-order valence-corrected chi connectivity index (χ1v) is 10.4. The molecule has 1 atom stereocenters. The summed E-state index contributed by atoms with van der Waals surface area (Å²) in [6.07, 6.45) is 2.80. The number of anilines is 1. The molecule has 0 spiro atoms. The van der Waals surface area contributed by atoms with E-state index in [9.17, 15) is 9.59 Å². The highest BCUT2D eigenvalue weighted by Gasteiger charge is 2.21. The molecular formula is C20H25N5O3S. The van der Waals surface area contributed by atoms with Crippen molar-refractivity contribution in [1.82, 2.24) is 15.1 Å². The van der Waals surface area contributed by atoms with Crippen molar-refractivity contribution in [2.75, 3.05) is 31.3 Å². The van der Waals surface area contributed by atoms with Crippen molar-refractivity contribution >= 4 is 29.3 Å². The fourth-order valence-corrected chi connectivity index (χ4v) is 3.95. The van der Waals surface area contributed by atoms with Crippen LogP contribution in [-0.2, 0) is 7.05 Å². The number of allylic oxidation sites excluding steroid dienone is 1. The van der Waals surface area contributed by atoms with E-state index in [1.807, 2.05) is 7.05 Å². The molecule has 1 aromatic carbocycles. The lowest BCUT2D eigenvalue weighted by Gasteiger charge is -2.11. The molecule has 0 bridgehead atoms. The number of nitrogens with two attached hydrogens (primary N) is 1. The predicted octanol–water partition coefficient (Wildman–Crippen LogP) is 2.10. The number of methoxy groups -OCH3 is 1. The minimum absolute atomic E-state index is 0.254. The molecule has 8 nitrogen and oxygen atoms in total. The van der Waals surface area contributed by atoms with Crippen molar-refractivity contribution in [3.05, 3.63) is 52.7 Å². The van der Waals surface area contributed by atoms with E-state index in [0.717, 1.165) is 11.4 Å². The molecular weight excluding hydrogens is 390 g/mol. The van der Waals surface area contributed by atoms with Gasteiger partial charge in [0.1, 0.15) is 5.75 Å². The molecule has 1 unspecified atom stereocenters. The Morgan fingerprint density at radius 1 is 1.34 bits per heavy atom. The van der Waals surface area contributed by atoms with E-state index in [1.165, 1.54) is 7.11 Å². The number of hydrogen-bond donors (Lipinski definition) is 3. The summed E-state index contributed by atoms with van der Waals surface area (Å²) in [6.45, 7) is 0.967. The van der Waals surface area contributed by atoms with Crippen LogP contribution < -0.4 is 21.1 Å². The van der Waals surface area contributed by atoms with Crippen molar-refractivity contribution in [1.29, 1.82) is 0 Å². The summed E-state index contributed by atoms with van der Waals surface area (Å²) < 4.78 is 7.01. The van der Waals surface area contributed by atoms with E-state index in [4.69, 9.17) is 10.5 Å². The zero-order valence-electron chi connectivity index (χ0n) is 16.5. The van der Waals surface area contributed by atoms with Gasteiger partial charge in [-0.2, -0.15) is 5.10 Å². The molecule has 0 fully saturated rings. The van der Waals surface area contributed by atoms with Crippen molar-refractivity contribution in [3.8, 4) is 5.75 Å². The fraction of sp³-hybridized carbons (Fsp3) is 0.350. The normalized spacial score (nSPS) is 15.3. The summed E-state index contributed by atoms with van der Waals surface area (Å²) in [6, 6.07) is 6.74. The Balaban J connectivity index is 1.75. The van der Waals surface area contributed by atoms with Crippen LogP contribution in [0.2, 0.25) is 0 Å². The number of aryl methyl sites for hydroxylation is 1. The Morgan fingerprint density at radius 2 is 2.17 bits per heavy atom. The number of benzene rings is 1. The zero-order chi connectivity index (χ0) is 20.8. The second kappa shape index (κ2) is 9.62. The van der Waals surface area contributed by atoms with Crippen LogP contribution in [0.4, 0.5) is 5.69 Å². The Bertz CT molecular complexity index is 925. The van der Waals surface area contributed by atoms with E-state index >= 15 is 0 Å². The summed E-state index contributed by atoms with van der Waals surface area (Å²) in [5, 5.41) is 12.0. The predicted molar refractivity (Wildman–Crippen MR) is 114 cm³/mol. The van der Waals surface area contributed by atoms with Crippen molar-refractivity contribution in [2.45, 2.75) is 12.3 Å². The quantitative estimate of drug-likeness (QED) is 0.570. The van der Waals surface area contributed by atoms with Gasteiger partial charge in [0.25, 0.3) is 11.8 Å². The van der Waals surface area contributed by atoms with Crippen LogP contribution in [0.5, 0.6) is 5.75 Å². The average Bonchev–Trinajstić information content (AvgIpc) is 3.37. The molecule has 9 heteroatoms. The summed E-state index contributed by atoms with van der Waals surface area (Å²) >= 11 is 1.74. The van der Waals surface area contributed by atoms with E-state index < -0.39 is 0 Å². The number of nitrogens with zero attached hydrogens (tertiary/aromatic N) is 2. The second-order valence-corrected chi connectivity index (χ2v) is 7.55. The molecule has 1 aromatic heterocycles. The minimum Gasteiger partial charge on any atom is -0.496 e. The van der Waals surface area contributed by atoms with Crippen LogP contribution in [0.25, 0.3) is 0 Å². The first-order chi connectivity index (χ1) is 14.0. The van der Waals surface area contributed by atoms with Crippen LogP contribution >= 0.6 is 11.8 Å². The molecule has 2 heterocycles. The van der Waals surface area contributed by atoms with E-state index in [2.05, 4.69) is 27.2 Å². The zero-order valence-corrected chi connectivity index (χ0v) is 17.3. The molecule has 0 aliphatic carbocycles. The smallest absolute Gasteiger partial charge is 0.276 e. The topological polar surface area (TPSA) is 111 Å². The van der Waals surface area contributed by atoms with Crippen LogP contribution in [0.15, 0.2) is 35.7 Å². The fourth-order valence-electron chi connectivity index (χ4n) is 3.05. The monoisotopic (exact) mass is 415 g/mol. The highest BCUT2D eigenvalue weighted by atomic mass is 32.2. The first-order valence-electron chi connectivity index (χ1n) is 9.33. The third kappa shape index (κ3) is 4.99. The van der Waals surface area contributed by atoms with Crippen LogP contribution in [-0.4, -0.2) is 47.5 Å². The van der Waals surface area contributed by atoms with Gasteiger partial charge in [-0.05, 0) is 42.6 Å². The highest BCUT2D eigenvalue weighted by molar-refractivity contribution is 8.02. The Labute approximate surface area is 173 Å². The van der Waals surface area contributed by atoms with Crippen LogP contribution in [0.1, 0.15) is 38.9 Å². The number of ether oxygens (including phenoxy) is 1. The standard InChI is InChI=1S/C20H25N5O3S/c1-25-17(13-6-9-29-12-13)11-16(24-25)20(27)23-14-4-5-18(28-2)15(10-14)19(26)22-8-3-7-21/h4-6,9-11,13H,3,7-8,12,21H2,1-2H3,(H,22,26)(H,23,27). The van der Waals surface area contributed by atoms with Crippen molar-refractivity contribution in [3.63, 3.8) is 0 Å². The van der Waals surface area contributed by atoms with Gasteiger partial charge in [0, 0.05) is 36.6 Å². The van der Waals surface area contributed by atoms with E-state index in [0.29, 0.717) is 42.2 Å². The number of hydrogen-bond acceptors (Lipinski definition) is 6. The van der Waals surface area contributed by atoms with Crippen molar-refractivity contribution < 1.29 is 14.3 Å². The second-order valence-electron chi connectivity index (χ2n) is 6.61. The average molecular weight is 416 g/mol. The lowest BCUT2D eigenvalue weighted by Crippen LogP contribution is -2.26. The third-order valence-electron chi connectivity index (χ3n) is 4.58. The number of thioether (sulfide) groups is 1. The maximum Gasteiger partial charge on any atom is 0.276 e. The van der Waals surface area contributed by atoms with Crippen molar-refractivity contribution in [2.24, 2.45) is 12.8 Å². The molecule has 1 aliphatic rings. The third-order valence-corrected chi connectivity index (χ3v) is 5.48. The minimum atomic E-state index is -0.332. The number of rotatable bonds is 8. The molecule has 0 radical (unpaired) electrons. The summed E-state index contributed by atoms with van der Waals surface area (Å²) in [7, 11) is 3.33. The highest BCUT2D eigenvalue weighted by Crippen LogP contribution is 2.30. The van der Waals surface area contributed by atoms with Gasteiger partial charge in [0.15, 0.2) is 5.69 Å². The molecule has 29 heavy (non-hydrogen) atoms. The first kappa shape index (κ1) is 20.9. The Kier molecular flexibility index (Phi) is 6.95. The SMILES string of the molecule is COc1ccc(NC(=O)c2cc(C3C=CSC3)n(C)n2)cc1C(=O)NCCCN. The largest absolute Gasteiger partial charge is 0.496 e. The molecule has 1 aliphatic heterocycles. The molecule has 2 amide bonds. The van der Waals surface area contributed by atoms with Gasteiger partial charge in [0.05, 0.1) is 12.7 Å². The van der Waals surface area contributed by atoms with Crippen LogP contribution in [0, 0.1) is 0 Å². The maximum absolute atomic E-state index is 12.7. The number of amides is 2. The van der Waals surface area contributed by atoms with Gasteiger partial charge in [-0.3, -0.25) is 14.3 Å². The lowest BCUT2D eigenvalue weighted by atomic mass is 10.1. The molecule has 3 rings (SSSR count).